The van der Waals surface area contributed by atoms with Gasteiger partial charge in [0.2, 0.25) is 0 Å². The Bertz CT molecular complexity index is 4120. The maximum atomic E-state index is 9.86. The maximum absolute atomic E-state index is 9.86. The van der Waals surface area contributed by atoms with Crippen LogP contribution in [0.15, 0.2) is 261 Å². The predicted molar refractivity (Wildman–Crippen MR) is 278 cm³/mol. The standard InChI is InChI=1S/C64H43N/c1-2-11-49(12-3-1)63-41-32-51-14-7-9-17-62(51)64(63)52-30-38-59(39-31-52)65(58-36-28-48(29-37-58)55-33-40-61-56(43-55)25-23-50-13-6-8-16-60(50)61)57-34-26-46(27-35-57)45-18-20-47(21-19-45)54-24-22-44-10-4-5-15-53(44)42-54/h1-43H/i26D,27D,30D,31D,34D,35D,38D,39D. The molecule has 12 rings (SSSR count). The van der Waals surface area contributed by atoms with E-state index < -0.39 is 24.2 Å². The molecule has 1 nitrogen and oxygen atoms in total. The number of anilines is 3. The van der Waals surface area contributed by atoms with E-state index in [-0.39, 0.29) is 46.7 Å². The van der Waals surface area contributed by atoms with Crippen LogP contribution in [-0.4, -0.2) is 0 Å². The van der Waals surface area contributed by atoms with Gasteiger partial charge in [0.05, 0.1) is 11.0 Å². The lowest BCUT2D eigenvalue weighted by Crippen LogP contribution is -2.09. The quantitative estimate of drug-likeness (QED) is 0.138. The number of nitrogens with zero attached hydrogens (tertiary/aromatic N) is 1. The van der Waals surface area contributed by atoms with E-state index in [2.05, 4.69) is 72.8 Å². The van der Waals surface area contributed by atoms with Crippen molar-refractivity contribution in [2.24, 2.45) is 0 Å². The molecule has 0 aliphatic carbocycles. The average molecular weight is 834 g/mol. The van der Waals surface area contributed by atoms with Gasteiger partial charge >= 0.3 is 0 Å². The third-order valence-electron chi connectivity index (χ3n) is 12.4. The Kier molecular flexibility index (Phi) is 7.66. The zero-order valence-corrected chi connectivity index (χ0v) is 35.2. The molecular formula is C64H43N. The fourth-order valence-corrected chi connectivity index (χ4v) is 9.07. The van der Waals surface area contributed by atoms with Crippen molar-refractivity contribution in [1.82, 2.24) is 0 Å². The minimum Gasteiger partial charge on any atom is -0.311 e. The van der Waals surface area contributed by atoms with Crippen LogP contribution in [0, 0.1) is 0 Å². The summed E-state index contributed by atoms with van der Waals surface area (Å²) in [5, 5.41) is 8.36. The molecule has 0 unspecified atom stereocenters. The largest absolute Gasteiger partial charge is 0.311 e. The third-order valence-corrected chi connectivity index (χ3v) is 12.4. The highest BCUT2D eigenvalue weighted by Crippen LogP contribution is 2.42. The molecule has 0 N–H and O–H groups in total. The highest BCUT2D eigenvalue weighted by Gasteiger charge is 2.17. The molecule has 0 aliphatic heterocycles. The first kappa shape index (κ1) is 30.5. The van der Waals surface area contributed by atoms with E-state index in [4.69, 9.17) is 0 Å². The molecule has 65 heavy (non-hydrogen) atoms. The number of hydrogen-bond donors (Lipinski definition) is 0. The molecule has 0 atom stereocenters. The summed E-state index contributed by atoms with van der Waals surface area (Å²) in [4.78, 5) is 1.37. The molecule has 1 heteroatoms. The maximum Gasteiger partial charge on any atom is 0.0645 e. The van der Waals surface area contributed by atoms with Crippen LogP contribution in [0.5, 0.6) is 0 Å². The van der Waals surface area contributed by atoms with Crippen molar-refractivity contribution in [3.8, 4) is 55.6 Å². The average Bonchev–Trinajstić information content (AvgIpc) is 3.44. The number of fused-ring (bicyclic) bond motifs is 5. The summed E-state index contributed by atoms with van der Waals surface area (Å²) < 4.78 is 77.8. The topological polar surface area (TPSA) is 3.24 Å². The lowest BCUT2D eigenvalue weighted by Gasteiger charge is -2.26. The highest BCUT2D eigenvalue weighted by molar-refractivity contribution is 6.08. The van der Waals surface area contributed by atoms with Crippen LogP contribution < -0.4 is 4.90 Å². The second kappa shape index (κ2) is 16.3. The first-order valence-corrected chi connectivity index (χ1v) is 21.8. The molecule has 0 amide bonds. The van der Waals surface area contributed by atoms with Gasteiger partial charge in [-0.25, -0.2) is 0 Å². The van der Waals surface area contributed by atoms with Crippen LogP contribution in [0.4, 0.5) is 17.1 Å². The molecule has 0 saturated heterocycles. The van der Waals surface area contributed by atoms with Crippen LogP contribution in [0.1, 0.15) is 11.0 Å². The van der Waals surface area contributed by atoms with E-state index in [0.29, 0.717) is 16.8 Å². The van der Waals surface area contributed by atoms with Crippen molar-refractivity contribution in [2.45, 2.75) is 0 Å². The van der Waals surface area contributed by atoms with Crippen molar-refractivity contribution in [2.75, 3.05) is 4.90 Å². The summed E-state index contributed by atoms with van der Waals surface area (Å²) in [6, 6.07) is 66.3. The number of hydrogen-bond acceptors (Lipinski definition) is 1. The van der Waals surface area contributed by atoms with Crippen molar-refractivity contribution in [3.63, 3.8) is 0 Å². The molecule has 0 saturated carbocycles. The summed E-state index contributed by atoms with van der Waals surface area (Å²) in [5.41, 5.74) is 6.47. The van der Waals surface area contributed by atoms with Crippen LogP contribution in [0.2, 0.25) is 0 Å². The normalized spacial score (nSPS) is 13.1. The van der Waals surface area contributed by atoms with E-state index in [1.165, 1.54) is 4.90 Å². The van der Waals surface area contributed by atoms with Gasteiger partial charge in [-0.3, -0.25) is 0 Å². The first-order chi connectivity index (χ1) is 35.5. The Morgan fingerprint density at radius 3 is 1.38 bits per heavy atom. The smallest absolute Gasteiger partial charge is 0.0645 e. The van der Waals surface area contributed by atoms with Gasteiger partial charge in [0.25, 0.3) is 0 Å². The van der Waals surface area contributed by atoms with Crippen molar-refractivity contribution in [1.29, 1.82) is 0 Å². The Morgan fingerprint density at radius 1 is 0.246 bits per heavy atom. The van der Waals surface area contributed by atoms with Gasteiger partial charge < -0.3 is 4.90 Å². The van der Waals surface area contributed by atoms with Crippen LogP contribution in [-0.2, 0) is 0 Å². The zero-order chi connectivity index (χ0) is 50.1. The summed E-state index contributed by atoms with van der Waals surface area (Å²) in [6.07, 6.45) is 0. The van der Waals surface area contributed by atoms with Crippen molar-refractivity contribution < 1.29 is 11.0 Å². The SMILES string of the molecule is [2H]c1c([2H])c(N(c2ccc(-c3ccc4c(ccc5ccccc54)c3)cc2)c2c([2H])c([2H])c(-c3c(-c4ccccc4)ccc4ccccc34)c([2H])c2[2H])c([2H])c([2H])c1-c1ccc(-c2ccc3ccccc3c2)cc1. The zero-order valence-electron chi connectivity index (χ0n) is 43.2. The molecule has 0 aromatic heterocycles. The minimum absolute atomic E-state index is 0.0995. The number of benzene rings is 12. The van der Waals surface area contributed by atoms with Gasteiger partial charge in [0.1, 0.15) is 0 Å². The summed E-state index contributed by atoms with van der Waals surface area (Å²) in [5.74, 6) is 0. The molecule has 304 valence electrons. The second-order valence-corrected chi connectivity index (χ2v) is 16.3. The lowest BCUT2D eigenvalue weighted by molar-refractivity contribution is 1.28. The monoisotopic (exact) mass is 833 g/mol. The molecule has 0 spiro atoms. The predicted octanol–water partition coefficient (Wildman–Crippen LogP) is 18.1. The number of rotatable bonds is 8. The van der Waals surface area contributed by atoms with Crippen LogP contribution in [0.25, 0.3) is 98.7 Å². The first-order valence-electron chi connectivity index (χ1n) is 25.8. The summed E-state index contributed by atoms with van der Waals surface area (Å²) >= 11 is 0. The van der Waals surface area contributed by atoms with Gasteiger partial charge in [0.15, 0.2) is 0 Å². The van der Waals surface area contributed by atoms with E-state index in [1.54, 1.807) is 24.3 Å². The molecular weight excluding hydrogens is 783 g/mol. The highest BCUT2D eigenvalue weighted by atomic mass is 15.1. The summed E-state index contributed by atoms with van der Waals surface area (Å²) in [6.45, 7) is 0. The fourth-order valence-electron chi connectivity index (χ4n) is 9.07. The van der Waals surface area contributed by atoms with Crippen LogP contribution >= 0.6 is 0 Å². The lowest BCUT2D eigenvalue weighted by atomic mass is 9.89. The van der Waals surface area contributed by atoms with Gasteiger partial charge in [-0.05, 0) is 147 Å². The van der Waals surface area contributed by atoms with Crippen molar-refractivity contribution in [3.05, 3.63) is 261 Å². The molecule has 12 aromatic carbocycles. The molecule has 0 aliphatic rings. The van der Waals surface area contributed by atoms with Gasteiger partial charge in [-0.15, -0.1) is 0 Å². The van der Waals surface area contributed by atoms with E-state index >= 15 is 0 Å². The molecule has 12 aromatic rings. The molecule has 0 fully saturated rings. The second-order valence-electron chi connectivity index (χ2n) is 16.3. The Hall–Kier alpha value is -8.52. The third kappa shape index (κ3) is 7.20. The van der Waals surface area contributed by atoms with E-state index in [9.17, 15) is 11.0 Å². The fraction of sp³-hybridized carbons (Fsp3) is 0. The molecule has 0 bridgehead atoms. The Labute approximate surface area is 391 Å². The van der Waals surface area contributed by atoms with E-state index in [0.717, 1.165) is 76.5 Å². The Morgan fingerprint density at radius 2 is 0.692 bits per heavy atom. The van der Waals surface area contributed by atoms with Gasteiger partial charge in [-0.1, -0.05) is 212 Å². The summed E-state index contributed by atoms with van der Waals surface area (Å²) in [7, 11) is 0. The van der Waals surface area contributed by atoms with Crippen LogP contribution in [0.3, 0.4) is 0 Å². The molecule has 0 radical (unpaired) electrons. The van der Waals surface area contributed by atoms with Crippen molar-refractivity contribution >= 4 is 60.2 Å². The van der Waals surface area contributed by atoms with E-state index in [1.807, 2.05) is 115 Å². The van der Waals surface area contributed by atoms with Gasteiger partial charge in [-0.2, -0.15) is 0 Å². The molecule has 0 heterocycles. The minimum atomic E-state index is -0.404. The van der Waals surface area contributed by atoms with Gasteiger partial charge in [0, 0.05) is 17.1 Å². The Balaban J connectivity index is 1.03.